The van der Waals surface area contributed by atoms with Gasteiger partial charge in [-0.2, -0.15) is 0 Å². The predicted octanol–water partition coefficient (Wildman–Crippen LogP) is 0.442. The van der Waals surface area contributed by atoms with Crippen molar-refractivity contribution in [2.24, 2.45) is 0 Å². The van der Waals surface area contributed by atoms with E-state index in [0.717, 1.165) is 26.2 Å². The van der Waals surface area contributed by atoms with Gasteiger partial charge in [0, 0.05) is 32.1 Å². The maximum absolute atomic E-state index is 11.2. The number of rotatable bonds is 8. The van der Waals surface area contributed by atoms with Crippen LogP contribution in [0, 0.1) is 0 Å². The van der Waals surface area contributed by atoms with Crippen molar-refractivity contribution < 1.29 is 4.79 Å². The van der Waals surface area contributed by atoms with Crippen LogP contribution in [-0.4, -0.2) is 50.1 Å². The van der Waals surface area contributed by atoms with Crippen LogP contribution in [-0.2, 0) is 4.79 Å². The summed E-state index contributed by atoms with van der Waals surface area (Å²) in [6, 6.07) is 0.240. The maximum Gasteiger partial charge on any atom is 0.221 e. The summed E-state index contributed by atoms with van der Waals surface area (Å²) in [5, 5.41) is 6.12. The second-order valence-corrected chi connectivity index (χ2v) is 4.12. The highest BCUT2D eigenvalue weighted by molar-refractivity contribution is 5.76. The van der Waals surface area contributed by atoms with Gasteiger partial charge in [0.25, 0.3) is 0 Å². The highest BCUT2D eigenvalue weighted by Gasteiger charge is 2.01. The van der Waals surface area contributed by atoms with Crippen molar-refractivity contribution in [3.8, 4) is 0 Å². The number of nitrogens with zero attached hydrogens (tertiary/aromatic N) is 1. The summed E-state index contributed by atoms with van der Waals surface area (Å²) >= 11 is 0. The first-order chi connectivity index (χ1) is 7.06. The van der Waals surface area contributed by atoms with Gasteiger partial charge in [0.2, 0.25) is 5.91 Å². The third-order valence-corrected chi connectivity index (χ3v) is 2.19. The standard InChI is InChI=1S/C11H25N3O/c1-5-14(4)9-8-12-7-6-11(15)13-10(2)3/h10,12H,5-9H2,1-4H3,(H,13,15). The van der Waals surface area contributed by atoms with Crippen LogP contribution in [0.5, 0.6) is 0 Å². The van der Waals surface area contributed by atoms with Crippen molar-refractivity contribution in [3.63, 3.8) is 0 Å². The molecule has 1 amide bonds. The van der Waals surface area contributed by atoms with Gasteiger partial charge in [-0.15, -0.1) is 0 Å². The Labute approximate surface area is 93.4 Å². The van der Waals surface area contributed by atoms with Crippen molar-refractivity contribution in [1.82, 2.24) is 15.5 Å². The number of nitrogens with one attached hydrogen (secondary N) is 2. The number of likely N-dealkylation sites (N-methyl/N-ethyl adjacent to an activating group) is 1. The van der Waals surface area contributed by atoms with Crippen LogP contribution in [0.2, 0.25) is 0 Å². The van der Waals surface area contributed by atoms with Gasteiger partial charge in [0.1, 0.15) is 0 Å². The molecule has 0 fully saturated rings. The van der Waals surface area contributed by atoms with Crippen LogP contribution in [0.4, 0.5) is 0 Å². The Kier molecular flexibility index (Phi) is 8.33. The van der Waals surface area contributed by atoms with Gasteiger partial charge in [-0.1, -0.05) is 6.92 Å². The summed E-state index contributed by atoms with van der Waals surface area (Å²) in [6.45, 7) is 9.88. The monoisotopic (exact) mass is 215 g/mol. The van der Waals surface area contributed by atoms with Crippen molar-refractivity contribution in [2.45, 2.75) is 33.2 Å². The molecule has 0 rings (SSSR count). The summed E-state index contributed by atoms with van der Waals surface area (Å²) in [5.41, 5.74) is 0. The largest absolute Gasteiger partial charge is 0.354 e. The third kappa shape index (κ3) is 9.69. The first kappa shape index (κ1) is 14.4. The molecule has 0 spiro atoms. The minimum Gasteiger partial charge on any atom is -0.354 e. The molecule has 0 aromatic carbocycles. The summed E-state index contributed by atoms with van der Waals surface area (Å²) in [4.78, 5) is 13.5. The van der Waals surface area contributed by atoms with Crippen LogP contribution in [0.15, 0.2) is 0 Å². The van der Waals surface area contributed by atoms with E-state index in [2.05, 4.69) is 29.5 Å². The average molecular weight is 215 g/mol. The normalized spacial score (nSPS) is 11.1. The van der Waals surface area contributed by atoms with E-state index in [9.17, 15) is 4.79 Å². The van der Waals surface area contributed by atoms with Gasteiger partial charge in [0.15, 0.2) is 0 Å². The molecule has 0 unspecified atom stereocenters. The zero-order chi connectivity index (χ0) is 11.7. The van der Waals surface area contributed by atoms with Crippen molar-refractivity contribution in [3.05, 3.63) is 0 Å². The molecule has 90 valence electrons. The lowest BCUT2D eigenvalue weighted by atomic mass is 10.3. The fraction of sp³-hybridized carbons (Fsp3) is 0.909. The Morgan fingerprint density at radius 1 is 1.33 bits per heavy atom. The van der Waals surface area contributed by atoms with Gasteiger partial charge in [-0.05, 0) is 27.4 Å². The number of amides is 1. The molecule has 0 atom stereocenters. The fourth-order valence-electron chi connectivity index (χ4n) is 1.15. The van der Waals surface area contributed by atoms with E-state index in [0.29, 0.717) is 6.42 Å². The summed E-state index contributed by atoms with van der Waals surface area (Å²) in [6.07, 6.45) is 0.564. The summed E-state index contributed by atoms with van der Waals surface area (Å²) < 4.78 is 0. The minimum atomic E-state index is 0.126. The van der Waals surface area contributed by atoms with Gasteiger partial charge in [0.05, 0.1) is 0 Å². The minimum absolute atomic E-state index is 0.126. The number of carbonyl (C=O) groups excluding carboxylic acids is 1. The number of hydrogen-bond acceptors (Lipinski definition) is 3. The van der Waals surface area contributed by atoms with Crippen LogP contribution < -0.4 is 10.6 Å². The maximum atomic E-state index is 11.2. The Hall–Kier alpha value is -0.610. The van der Waals surface area contributed by atoms with Crippen molar-refractivity contribution in [2.75, 3.05) is 33.2 Å². The first-order valence-electron chi connectivity index (χ1n) is 5.74. The van der Waals surface area contributed by atoms with E-state index >= 15 is 0 Å². The molecule has 0 aliphatic heterocycles. The molecule has 0 heterocycles. The Balaban J connectivity index is 3.27. The van der Waals surface area contributed by atoms with E-state index in [1.165, 1.54) is 0 Å². The van der Waals surface area contributed by atoms with Crippen molar-refractivity contribution in [1.29, 1.82) is 0 Å². The van der Waals surface area contributed by atoms with Gasteiger partial charge in [-0.3, -0.25) is 4.79 Å². The quantitative estimate of drug-likeness (QED) is 0.578. The Morgan fingerprint density at radius 3 is 2.53 bits per heavy atom. The average Bonchev–Trinajstić information content (AvgIpc) is 2.15. The number of carbonyl (C=O) groups is 1. The SMILES string of the molecule is CCN(C)CCNCCC(=O)NC(C)C. The van der Waals surface area contributed by atoms with Crippen molar-refractivity contribution >= 4 is 5.91 Å². The molecule has 2 N–H and O–H groups in total. The molecular formula is C11H25N3O. The van der Waals surface area contributed by atoms with E-state index in [1.807, 2.05) is 13.8 Å². The highest BCUT2D eigenvalue weighted by atomic mass is 16.1. The molecule has 0 aromatic rings. The Morgan fingerprint density at radius 2 is 2.00 bits per heavy atom. The molecule has 0 aliphatic rings. The summed E-state index contributed by atoms with van der Waals surface area (Å²) in [7, 11) is 2.09. The highest BCUT2D eigenvalue weighted by Crippen LogP contribution is 1.83. The molecule has 0 saturated heterocycles. The molecule has 0 bridgehead atoms. The van der Waals surface area contributed by atoms with Crippen LogP contribution in [0.25, 0.3) is 0 Å². The lowest BCUT2D eigenvalue weighted by molar-refractivity contribution is -0.121. The van der Waals surface area contributed by atoms with Crippen LogP contribution in [0.3, 0.4) is 0 Å². The molecule has 0 aromatic heterocycles. The molecule has 4 nitrogen and oxygen atoms in total. The lowest BCUT2D eigenvalue weighted by Crippen LogP contribution is -2.34. The molecular weight excluding hydrogens is 190 g/mol. The van der Waals surface area contributed by atoms with Gasteiger partial charge < -0.3 is 15.5 Å². The van der Waals surface area contributed by atoms with Gasteiger partial charge >= 0.3 is 0 Å². The van der Waals surface area contributed by atoms with Crippen LogP contribution >= 0.6 is 0 Å². The fourth-order valence-corrected chi connectivity index (χ4v) is 1.15. The van der Waals surface area contributed by atoms with Crippen LogP contribution in [0.1, 0.15) is 27.2 Å². The van der Waals surface area contributed by atoms with E-state index in [4.69, 9.17) is 0 Å². The molecule has 0 radical (unpaired) electrons. The predicted molar refractivity (Wildman–Crippen MR) is 63.9 cm³/mol. The molecule has 15 heavy (non-hydrogen) atoms. The van der Waals surface area contributed by atoms with E-state index < -0.39 is 0 Å². The molecule has 0 saturated carbocycles. The zero-order valence-corrected chi connectivity index (χ0v) is 10.5. The van der Waals surface area contributed by atoms with E-state index in [1.54, 1.807) is 0 Å². The lowest BCUT2D eigenvalue weighted by Gasteiger charge is -2.14. The molecule has 4 heteroatoms. The first-order valence-corrected chi connectivity index (χ1v) is 5.74. The number of hydrogen-bond donors (Lipinski definition) is 2. The second kappa shape index (κ2) is 8.68. The van der Waals surface area contributed by atoms with E-state index in [-0.39, 0.29) is 11.9 Å². The topological polar surface area (TPSA) is 44.4 Å². The summed E-state index contributed by atoms with van der Waals surface area (Å²) in [5.74, 6) is 0.126. The molecule has 0 aliphatic carbocycles. The third-order valence-electron chi connectivity index (χ3n) is 2.19. The Bertz CT molecular complexity index is 171. The van der Waals surface area contributed by atoms with Gasteiger partial charge in [-0.25, -0.2) is 0 Å². The smallest absolute Gasteiger partial charge is 0.221 e. The zero-order valence-electron chi connectivity index (χ0n) is 10.5. The second-order valence-electron chi connectivity index (χ2n) is 4.12.